The van der Waals surface area contributed by atoms with Crippen LogP contribution in [0, 0.1) is 0 Å². The summed E-state index contributed by atoms with van der Waals surface area (Å²) in [6.07, 6.45) is 1.74. The smallest absolute Gasteiger partial charge is 0.119 e. The van der Waals surface area contributed by atoms with Crippen LogP contribution in [0.25, 0.3) is 0 Å². The van der Waals surface area contributed by atoms with E-state index in [2.05, 4.69) is 12.3 Å². The van der Waals surface area contributed by atoms with Gasteiger partial charge >= 0.3 is 0 Å². The third-order valence-corrected chi connectivity index (χ3v) is 1.96. The lowest BCUT2D eigenvalue weighted by Crippen LogP contribution is -1.92. The Morgan fingerprint density at radius 3 is 2.50 bits per heavy atom. The van der Waals surface area contributed by atoms with Gasteiger partial charge in [0.1, 0.15) is 12.4 Å². The molecule has 0 heterocycles. The van der Waals surface area contributed by atoms with Gasteiger partial charge in [0.05, 0.1) is 0 Å². The van der Waals surface area contributed by atoms with Crippen LogP contribution in [-0.4, -0.2) is 22.1 Å². The van der Waals surface area contributed by atoms with Crippen molar-refractivity contribution in [3.63, 3.8) is 0 Å². The Bertz CT molecular complexity index is 264. The van der Waals surface area contributed by atoms with Crippen LogP contribution in [-0.2, 0) is 0 Å². The monoisotopic (exact) mass is 176 g/mol. The van der Waals surface area contributed by atoms with E-state index in [1.807, 2.05) is 34.1 Å². The summed E-state index contributed by atoms with van der Waals surface area (Å²) < 4.78 is 5.32. The lowest BCUT2D eigenvalue weighted by molar-refractivity contribution is 0.363. The predicted octanol–water partition coefficient (Wildman–Crippen LogP) is 1.03. The first-order valence-electron chi connectivity index (χ1n) is 3.83. The molecule has 62 valence electrons. The van der Waals surface area contributed by atoms with Crippen molar-refractivity contribution in [2.75, 3.05) is 6.61 Å². The van der Waals surface area contributed by atoms with Crippen molar-refractivity contribution in [2.45, 2.75) is 0 Å². The molecule has 12 heavy (non-hydrogen) atoms. The summed E-state index contributed by atoms with van der Waals surface area (Å²) in [6.45, 7) is 4.15. The molecule has 0 aliphatic carbocycles. The van der Waals surface area contributed by atoms with E-state index < -0.39 is 0 Å². The Morgan fingerprint density at radius 2 is 2.00 bits per heavy atom. The van der Waals surface area contributed by atoms with E-state index in [-0.39, 0.29) is 0 Å². The fraction of sp³-hybridized carbons (Fsp3) is 0.100. The maximum absolute atomic E-state index is 5.32. The molecular formula is C10H12OSi. The Labute approximate surface area is 75.7 Å². The normalized spacial score (nSPS) is 9.00. The highest BCUT2D eigenvalue weighted by atomic mass is 28.1. The van der Waals surface area contributed by atoms with Gasteiger partial charge in [0, 0.05) is 0 Å². The van der Waals surface area contributed by atoms with Gasteiger partial charge in [0.2, 0.25) is 0 Å². The van der Waals surface area contributed by atoms with Crippen molar-refractivity contribution in [3.8, 4) is 5.75 Å². The van der Waals surface area contributed by atoms with Gasteiger partial charge in [-0.15, -0.1) is 0 Å². The molecule has 1 rings (SSSR count). The zero-order valence-electron chi connectivity index (χ0n) is 6.99. The standard InChI is InChI=1S/C10H12OSi/c1-2-7-11-10-5-3-9(8-12)4-6-10/h2-6,8H,1,7,12H2. The molecule has 1 aromatic rings. The fourth-order valence-electron chi connectivity index (χ4n) is 0.855. The molecule has 0 amide bonds. The van der Waals surface area contributed by atoms with E-state index in [0.29, 0.717) is 6.61 Å². The predicted molar refractivity (Wildman–Crippen MR) is 55.8 cm³/mol. The summed E-state index contributed by atoms with van der Waals surface area (Å²) >= 11 is 0. The van der Waals surface area contributed by atoms with Gasteiger partial charge in [-0.1, -0.05) is 30.5 Å². The summed E-state index contributed by atoms with van der Waals surface area (Å²) in [7, 11) is 1.83. The molecule has 0 aliphatic heterocycles. The molecule has 0 aromatic heterocycles. The van der Waals surface area contributed by atoms with E-state index in [1.54, 1.807) is 6.08 Å². The Kier molecular flexibility index (Phi) is 3.48. The van der Waals surface area contributed by atoms with E-state index in [0.717, 1.165) is 5.75 Å². The second-order valence-electron chi connectivity index (χ2n) is 2.37. The van der Waals surface area contributed by atoms with Crippen LogP contribution in [0.3, 0.4) is 0 Å². The highest BCUT2D eigenvalue weighted by molar-refractivity contribution is 6.32. The maximum Gasteiger partial charge on any atom is 0.119 e. The molecule has 0 unspecified atom stereocenters. The molecular weight excluding hydrogens is 164 g/mol. The highest BCUT2D eigenvalue weighted by Crippen LogP contribution is 2.10. The number of hydrogen-bond donors (Lipinski definition) is 0. The van der Waals surface area contributed by atoms with Gasteiger partial charge in [0.15, 0.2) is 0 Å². The van der Waals surface area contributed by atoms with E-state index in [4.69, 9.17) is 4.74 Å². The van der Waals surface area contributed by atoms with Crippen LogP contribution in [0.15, 0.2) is 36.9 Å². The van der Waals surface area contributed by atoms with Gasteiger partial charge < -0.3 is 4.74 Å². The lowest BCUT2D eigenvalue weighted by Gasteiger charge is -2.02. The van der Waals surface area contributed by atoms with Crippen molar-refractivity contribution in [1.29, 1.82) is 0 Å². The van der Waals surface area contributed by atoms with Gasteiger partial charge in [-0.2, -0.15) is 0 Å². The van der Waals surface area contributed by atoms with Gasteiger partial charge in [-0.25, -0.2) is 0 Å². The molecule has 0 spiro atoms. The number of hydrogen-bond acceptors (Lipinski definition) is 1. The number of ether oxygens (including phenoxy) is 1. The lowest BCUT2D eigenvalue weighted by atomic mass is 10.2. The molecule has 0 bridgehead atoms. The Morgan fingerprint density at radius 1 is 1.33 bits per heavy atom. The number of rotatable bonds is 4. The fourth-order valence-corrected chi connectivity index (χ4v) is 1.13. The van der Waals surface area contributed by atoms with Crippen molar-refractivity contribution < 1.29 is 4.74 Å². The highest BCUT2D eigenvalue weighted by Gasteiger charge is 1.89. The minimum Gasteiger partial charge on any atom is -0.490 e. The Hall–Kier alpha value is -1.15. The van der Waals surface area contributed by atoms with Crippen LogP contribution in [0.2, 0.25) is 0 Å². The quantitative estimate of drug-likeness (QED) is 0.492. The average molecular weight is 176 g/mol. The zero-order valence-corrected chi connectivity index (χ0v) is 8.41. The average Bonchev–Trinajstić information content (AvgIpc) is 2.15. The largest absolute Gasteiger partial charge is 0.490 e. The molecule has 0 N–H and O–H groups in total. The first-order valence-corrected chi connectivity index (χ1v) is 4.64. The Balaban J connectivity index is 2.64. The van der Waals surface area contributed by atoms with Crippen LogP contribution < -0.4 is 4.74 Å². The van der Waals surface area contributed by atoms with E-state index >= 15 is 0 Å². The minimum atomic E-state index is 0.566. The first-order chi connectivity index (χ1) is 5.86. The SMILES string of the molecule is C=CCOc1ccc(C=[SiH2])cc1. The summed E-state index contributed by atoms with van der Waals surface area (Å²) in [5.41, 5.74) is 3.30. The second kappa shape index (κ2) is 4.67. The molecule has 0 saturated heterocycles. The van der Waals surface area contributed by atoms with Crippen LogP contribution in [0.1, 0.15) is 5.56 Å². The van der Waals surface area contributed by atoms with Crippen molar-refractivity contribution in [1.82, 2.24) is 0 Å². The first kappa shape index (κ1) is 8.94. The summed E-state index contributed by atoms with van der Waals surface area (Å²) in [4.78, 5) is 0. The molecule has 1 nitrogen and oxygen atoms in total. The van der Waals surface area contributed by atoms with Gasteiger partial charge in [0.25, 0.3) is 0 Å². The van der Waals surface area contributed by atoms with Crippen molar-refractivity contribution >= 4 is 15.5 Å². The van der Waals surface area contributed by atoms with Gasteiger partial charge in [-0.3, -0.25) is 0 Å². The summed E-state index contributed by atoms with van der Waals surface area (Å²) in [5, 5.41) is 0. The maximum atomic E-state index is 5.32. The molecule has 0 radical (unpaired) electrons. The number of benzene rings is 1. The van der Waals surface area contributed by atoms with Crippen molar-refractivity contribution in [3.05, 3.63) is 42.5 Å². The van der Waals surface area contributed by atoms with Gasteiger partial charge in [-0.05, 0) is 27.6 Å². The second-order valence-corrected chi connectivity index (χ2v) is 2.78. The van der Waals surface area contributed by atoms with E-state index in [1.165, 1.54) is 5.56 Å². The molecule has 2 heteroatoms. The summed E-state index contributed by atoms with van der Waals surface area (Å²) in [6, 6.07) is 7.99. The molecule has 0 fully saturated rings. The topological polar surface area (TPSA) is 9.23 Å². The molecule has 1 aromatic carbocycles. The third-order valence-electron chi connectivity index (χ3n) is 1.48. The molecule has 0 aliphatic rings. The minimum absolute atomic E-state index is 0.566. The van der Waals surface area contributed by atoms with Crippen molar-refractivity contribution in [2.24, 2.45) is 0 Å². The van der Waals surface area contributed by atoms with Crippen LogP contribution in [0.4, 0.5) is 0 Å². The van der Waals surface area contributed by atoms with Crippen LogP contribution >= 0.6 is 0 Å². The molecule has 0 saturated carbocycles. The van der Waals surface area contributed by atoms with E-state index in [9.17, 15) is 0 Å². The third kappa shape index (κ3) is 2.47. The summed E-state index contributed by atoms with van der Waals surface area (Å²) in [5.74, 6) is 0.892. The van der Waals surface area contributed by atoms with Crippen LogP contribution in [0.5, 0.6) is 5.75 Å². The molecule has 0 atom stereocenters. The zero-order chi connectivity index (χ0) is 8.81.